The Balaban J connectivity index is 2.34. The average molecular weight is 255 g/mol. The zero-order valence-electron chi connectivity index (χ0n) is 11.4. The zero-order chi connectivity index (χ0) is 14.0. The van der Waals surface area contributed by atoms with E-state index in [4.69, 9.17) is 10.5 Å². The number of carbonyl (C=O) groups excluding carboxylic acids is 1. The van der Waals surface area contributed by atoms with Crippen LogP contribution in [0.5, 0.6) is 11.5 Å². The number of anilines is 1. The first kappa shape index (κ1) is 13.1. The molecule has 2 aromatic rings. The third kappa shape index (κ3) is 2.76. The summed E-state index contributed by atoms with van der Waals surface area (Å²) < 4.78 is 5.82. The Bertz CT molecular complexity index is 633. The van der Waals surface area contributed by atoms with Gasteiger partial charge in [0.15, 0.2) is 5.78 Å². The predicted octanol–water partition coefficient (Wildman–Crippen LogP) is 3.88. The molecule has 0 bridgehead atoms. The van der Waals surface area contributed by atoms with Crippen molar-refractivity contribution in [3.8, 4) is 11.5 Å². The molecular weight excluding hydrogens is 238 g/mol. The number of ether oxygens (including phenoxy) is 1. The summed E-state index contributed by atoms with van der Waals surface area (Å²) in [6, 6.07) is 11.0. The highest BCUT2D eigenvalue weighted by Gasteiger charge is 2.08. The molecule has 0 saturated carbocycles. The summed E-state index contributed by atoms with van der Waals surface area (Å²) in [6.07, 6.45) is 0. The van der Waals surface area contributed by atoms with Gasteiger partial charge in [-0.1, -0.05) is 12.1 Å². The highest BCUT2D eigenvalue weighted by atomic mass is 16.5. The predicted molar refractivity (Wildman–Crippen MR) is 76.8 cm³/mol. The molecule has 3 heteroatoms. The monoisotopic (exact) mass is 255 g/mol. The van der Waals surface area contributed by atoms with Gasteiger partial charge in [-0.2, -0.15) is 0 Å². The van der Waals surface area contributed by atoms with E-state index in [0.29, 0.717) is 17.0 Å². The molecule has 0 atom stereocenters. The largest absolute Gasteiger partial charge is 0.455 e. The lowest BCUT2D eigenvalue weighted by Gasteiger charge is -2.12. The first-order chi connectivity index (χ1) is 8.99. The second kappa shape index (κ2) is 5.14. The second-order valence-electron chi connectivity index (χ2n) is 4.61. The third-order valence-electron chi connectivity index (χ3n) is 3.19. The molecule has 0 saturated heterocycles. The molecule has 0 amide bonds. The van der Waals surface area contributed by atoms with Crippen LogP contribution in [0.3, 0.4) is 0 Å². The molecule has 0 radical (unpaired) electrons. The Morgan fingerprint density at radius 3 is 2.47 bits per heavy atom. The minimum Gasteiger partial charge on any atom is -0.455 e. The molecule has 0 aliphatic heterocycles. The lowest BCUT2D eigenvalue weighted by molar-refractivity contribution is 0.101. The molecule has 2 rings (SSSR count). The molecule has 0 heterocycles. The van der Waals surface area contributed by atoms with E-state index in [1.165, 1.54) is 6.92 Å². The maximum atomic E-state index is 11.3. The van der Waals surface area contributed by atoms with E-state index in [2.05, 4.69) is 0 Å². The highest BCUT2D eigenvalue weighted by Crippen LogP contribution is 2.31. The SMILES string of the molecule is CC(=O)c1ccc(Oc2cccc(C)c2C)c(N)c1. The quantitative estimate of drug-likeness (QED) is 0.669. The normalized spacial score (nSPS) is 10.3. The van der Waals surface area contributed by atoms with Crippen molar-refractivity contribution in [3.05, 3.63) is 53.1 Å². The first-order valence-electron chi connectivity index (χ1n) is 6.13. The second-order valence-corrected chi connectivity index (χ2v) is 4.61. The fraction of sp³-hybridized carbons (Fsp3) is 0.188. The van der Waals surface area contributed by atoms with Crippen molar-refractivity contribution in [2.24, 2.45) is 0 Å². The van der Waals surface area contributed by atoms with Crippen LogP contribution < -0.4 is 10.5 Å². The Labute approximate surface area is 113 Å². The van der Waals surface area contributed by atoms with E-state index in [1.54, 1.807) is 18.2 Å². The highest BCUT2D eigenvalue weighted by molar-refractivity contribution is 5.95. The lowest BCUT2D eigenvalue weighted by atomic mass is 10.1. The molecular formula is C16H17NO2. The molecule has 98 valence electrons. The molecule has 19 heavy (non-hydrogen) atoms. The Morgan fingerprint density at radius 2 is 1.84 bits per heavy atom. The van der Waals surface area contributed by atoms with Crippen LogP contribution in [0.1, 0.15) is 28.4 Å². The number of hydrogen-bond acceptors (Lipinski definition) is 3. The van der Waals surface area contributed by atoms with Crippen LogP contribution in [0.25, 0.3) is 0 Å². The Morgan fingerprint density at radius 1 is 1.11 bits per heavy atom. The number of benzene rings is 2. The first-order valence-corrected chi connectivity index (χ1v) is 6.13. The van der Waals surface area contributed by atoms with Gasteiger partial charge in [0.1, 0.15) is 11.5 Å². The summed E-state index contributed by atoms with van der Waals surface area (Å²) in [6.45, 7) is 5.55. The van der Waals surface area contributed by atoms with Crippen LogP contribution >= 0.6 is 0 Å². The van der Waals surface area contributed by atoms with Crippen LogP contribution in [0, 0.1) is 13.8 Å². The van der Waals surface area contributed by atoms with E-state index in [1.807, 2.05) is 32.0 Å². The van der Waals surface area contributed by atoms with E-state index in [9.17, 15) is 4.79 Å². The van der Waals surface area contributed by atoms with Gasteiger partial charge in [0, 0.05) is 5.56 Å². The van der Waals surface area contributed by atoms with Crippen LogP contribution in [0.15, 0.2) is 36.4 Å². The van der Waals surface area contributed by atoms with Crippen molar-refractivity contribution < 1.29 is 9.53 Å². The third-order valence-corrected chi connectivity index (χ3v) is 3.19. The number of ketones is 1. The van der Waals surface area contributed by atoms with E-state index in [-0.39, 0.29) is 5.78 Å². The van der Waals surface area contributed by atoms with E-state index >= 15 is 0 Å². The fourth-order valence-electron chi connectivity index (χ4n) is 1.81. The molecule has 0 unspecified atom stereocenters. The molecule has 2 N–H and O–H groups in total. The van der Waals surface area contributed by atoms with Crippen molar-refractivity contribution in [1.82, 2.24) is 0 Å². The summed E-state index contributed by atoms with van der Waals surface area (Å²) in [4.78, 5) is 11.3. The van der Waals surface area contributed by atoms with Crippen LogP contribution in [-0.4, -0.2) is 5.78 Å². The van der Waals surface area contributed by atoms with E-state index in [0.717, 1.165) is 16.9 Å². The van der Waals surface area contributed by atoms with Gasteiger partial charge in [0.25, 0.3) is 0 Å². The van der Waals surface area contributed by atoms with Crippen molar-refractivity contribution in [3.63, 3.8) is 0 Å². The Hall–Kier alpha value is -2.29. The smallest absolute Gasteiger partial charge is 0.159 e. The van der Waals surface area contributed by atoms with Crippen LogP contribution in [0.4, 0.5) is 5.69 Å². The summed E-state index contributed by atoms with van der Waals surface area (Å²) >= 11 is 0. The summed E-state index contributed by atoms with van der Waals surface area (Å²) in [5.74, 6) is 1.34. The number of nitrogen functional groups attached to an aromatic ring is 1. The number of carbonyl (C=O) groups is 1. The molecule has 0 aromatic heterocycles. The lowest BCUT2D eigenvalue weighted by Crippen LogP contribution is -1.98. The van der Waals surface area contributed by atoms with Gasteiger partial charge >= 0.3 is 0 Å². The number of Topliss-reactive ketones (excluding diaryl/α,β-unsaturated/α-hetero) is 1. The maximum absolute atomic E-state index is 11.3. The molecule has 2 aromatic carbocycles. The van der Waals surface area contributed by atoms with Gasteiger partial charge in [-0.25, -0.2) is 0 Å². The van der Waals surface area contributed by atoms with Crippen molar-refractivity contribution >= 4 is 11.5 Å². The Kier molecular flexibility index (Phi) is 3.56. The minimum absolute atomic E-state index is 0.00927. The number of aryl methyl sites for hydroxylation is 1. The topological polar surface area (TPSA) is 52.3 Å². The molecule has 0 aliphatic carbocycles. The number of hydrogen-bond donors (Lipinski definition) is 1. The molecule has 0 spiro atoms. The van der Waals surface area contributed by atoms with Crippen molar-refractivity contribution in [2.45, 2.75) is 20.8 Å². The van der Waals surface area contributed by atoms with Gasteiger partial charge in [0.2, 0.25) is 0 Å². The van der Waals surface area contributed by atoms with Gasteiger partial charge in [-0.3, -0.25) is 4.79 Å². The van der Waals surface area contributed by atoms with Crippen molar-refractivity contribution in [2.75, 3.05) is 5.73 Å². The van der Waals surface area contributed by atoms with E-state index < -0.39 is 0 Å². The van der Waals surface area contributed by atoms with Gasteiger partial charge in [0.05, 0.1) is 5.69 Å². The fourth-order valence-corrected chi connectivity index (χ4v) is 1.81. The number of rotatable bonds is 3. The molecule has 0 fully saturated rings. The number of nitrogens with two attached hydrogens (primary N) is 1. The van der Waals surface area contributed by atoms with Gasteiger partial charge < -0.3 is 10.5 Å². The average Bonchev–Trinajstić information content (AvgIpc) is 2.37. The summed E-state index contributed by atoms with van der Waals surface area (Å²) in [7, 11) is 0. The zero-order valence-corrected chi connectivity index (χ0v) is 11.4. The van der Waals surface area contributed by atoms with Gasteiger partial charge in [-0.15, -0.1) is 0 Å². The molecule has 3 nitrogen and oxygen atoms in total. The van der Waals surface area contributed by atoms with Crippen LogP contribution in [0.2, 0.25) is 0 Å². The van der Waals surface area contributed by atoms with Gasteiger partial charge in [-0.05, 0) is 56.2 Å². The standard InChI is InChI=1S/C16H17NO2/c1-10-5-4-6-15(11(10)2)19-16-8-7-13(12(3)18)9-14(16)17/h4-9H,17H2,1-3H3. The maximum Gasteiger partial charge on any atom is 0.159 e. The van der Waals surface area contributed by atoms with Crippen LogP contribution in [-0.2, 0) is 0 Å². The molecule has 0 aliphatic rings. The summed E-state index contributed by atoms with van der Waals surface area (Å²) in [5.41, 5.74) is 9.22. The van der Waals surface area contributed by atoms with Crippen molar-refractivity contribution in [1.29, 1.82) is 0 Å². The summed E-state index contributed by atoms with van der Waals surface area (Å²) in [5, 5.41) is 0. The minimum atomic E-state index is -0.00927.